The molecule has 0 saturated carbocycles. The van der Waals surface area contributed by atoms with E-state index in [9.17, 15) is 4.79 Å². The third-order valence-corrected chi connectivity index (χ3v) is 3.72. The average Bonchev–Trinajstić information content (AvgIpc) is 2.49. The van der Waals surface area contributed by atoms with E-state index < -0.39 is 0 Å². The van der Waals surface area contributed by atoms with Gasteiger partial charge in [0.25, 0.3) is 5.91 Å². The quantitative estimate of drug-likeness (QED) is 0.568. The van der Waals surface area contributed by atoms with E-state index in [1.54, 1.807) is 30.3 Å². The van der Waals surface area contributed by atoms with Gasteiger partial charge in [-0.2, -0.15) is 0 Å². The topological polar surface area (TPSA) is 80.0 Å². The van der Waals surface area contributed by atoms with Gasteiger partial charge in [-0.15, -0.1) is 0 Å². The Morgan fingerprint density at radius 1 is 1.38 bits per heavy atom. The zero-order chi connectivity index (χ0) is 15.4. The Bertz CT molecular complexity index is 656. The highest BCUT2D eigenvalue weighted by Gasteiger charge is 2.11. The molecule has 0 aliphatic heterocycles. The molecular formula is C14H14BrClN4O. The minimum atomic E-state index is -0.244. The number of pyridine rings is 1. The number of nitrogens with one attached hydrogen (secondary N) is 2. The molecule has 0 atom stereocenters. The van der Waals surface area contributed by atoms with E-state index in [1.165, 1.54) is 0 Å². The number of benzene rings is 1. The van der Waals surface area contributed by atoms with E-state index in [2.05, 4.69) is 31.7 Å². The van der Waals surface area contributed by atoms with Gasteiger partial charge >= 0.3 is 0 Å². The van der Waals surface area contributed by atoms with Crippen molar-refractivity contribution in [3.8, 4) is 0 Å². The molecule has 0 aliphatic rings. The fraction of sp³-hybridized carbons (Fsp3) is 0.143. The van der Waals surface area contributed by atoms with E-state index in [4.69, 9.17) is 17.4 Å². The van der Waals surface area contributed by atoms with Crippen molar-refractivity contribution in [3.05, 3.63) is 51.1 Å². The molecule has 110 valence electrons. The molecule has 5 nitrogen and oxygen atoms in total. The molecular weight excluding hydrogens is 356 g/mol. The summed E-state index contributed by atoms with van der Waals surface area (Å²) in [6.45, 7) is 1.96. The second kappa shape index (κ2) is 6.89. The number of hydrazine groups is 1. The van der Waals surface area contributed by atoms with Crippen LogP contribution < -0.4 is 16.6 Å². The Morgan fingerprint density at radius 2 is 2.14 bits per heavy atom. The first-order chi connectivity index (χ1) is 10.0. The summed E-state index contributed by atoms with van der Waals surface area (Å²) < 4.78 is 0.713. The molecule has 0 radical (unpaired) electrons. The predicted octanol–water partition coefficient (Wildman–Crippen LogP) is 3.60. The monoisotopic (exact) mass is 368 g/mol. The molecule has 21 heavy (non-hydrogen) atoms. The lowest BCUT2D eigenvalue weighted by molar-refractivity contribution is 0.102. The fourth-order valence-electron chi connectivity index (χ4n) is 1.76. The first kappa shape index (κ1) is 15.8. The molecule has 1 aromatic heterocycles. The van der Waals surface area contributed by atoms with Crippen LogP contribution in [0.25, 0.3) is 0 Å². The maximum absolute atomic E-state index is 12.3. The van der Waals surface area contributed by atoms with Crippen LogP contribution in [0.2, 0.25) is 5.02 Å². The second-order valence-electron chi connectivity index (χ2n) is 4.31. The molecule has 0 aliphatic carbocycles. The van der Waals surface area contributed by atoms with Crippen molar-refractivity contribution in [1.82, 2.24) is 4.98 Å². The van der Waals surface area contributed by atoms with Crippen LogP contribution in [0.4, 0.5) is 11.5 Å². The van der Waals surface area contributed by atoms with E-state index in [1.807, 2.05) is 6.92 Å². The summed E-state index contributed by atoms with van der Waals surface area (Å²) in [5.74, 6) is 5.58. The van der Waals surface area contributed by atoms with Crippen molar-refractivity contribution in [2.45, 2.75) is 13.3 Å². The Balaban J connectivity index is 2.27. The van der Waals surface area contributed by atoms with Crippen molar-refractivity contribution in [2.75, 3.05) is 10.7 Å². The number of halogens is 2. The molecule has 0 saturated heterocycles. The van der Waals surface area contributed by atoms with Crippen LogP contribution >= 0.6 is 27.5 Å². The first-order valence-corrected chi connectivity index (χ1v) is 7.44. The van der Waals surface area contributed by atoms with Crippen molar-refractivity contribution in [1.29, 1.82) is 0 Å². The van der Waals surface area contributed by atoms with E-state index >= 15 is 0 Å². The van der Waals surface area contributed by atoms with Gasteiger partial charge in [-0.3, -0.25) is 4.79 Å². The molecule has 1 amide bonds. The van der Waals surface area contributed by atoms with Gasteiger partial charge in [0.1, 0.15) is 5.82 Å². The molecule has 4 N–H and O–H groups in total. The van der Waals surface area contributed by atoms with Gasteiger partial charge in [0.2, 0.25) is 0 Å². The molecule has 1 heterocycles. The molecule has 1 aromatic carbocycles. The van der Waals surface area contributed by atoms with E-state index in [0.29, 0.717) is 33.0 Å². The van der Waals surface area contributed by atoms with Gasteiger partial charge in [-0.1, -0.05) is 18.5 Å². The maximum atomic E-state index is 12.3. The van der Waals surface area contributed by atoms with Crippen LogP contribution in [0.15, 0.2) is 34.8 Å². The van der Waals surface area contributed by atoms with Crippen LogP contribution in [0.1, 0.15) is 23.0 Å². The van der Waals surface area contributed by atoms with Gasteiger partial charge in [0, 0.05) is 20.8 Å². The zero-order valence-corrected chi connectivity index (χ0v) is 13.6. The number of nitrogen functional groups attached to an aromatic ring is 1. The fourth-order valence-corrected chi connectivity index (χ4v) is 2.54. The van der Waals surface area contributed by atoms with E-state index in [0.717, 1.165) is 5.69 Å². The highest BCUT2D eigenvalue weighted by Crippen LogP contribution is 2.26. The highest BCUT2D eigenvalue weighted by molar-refractivity contribution is 9.10. The smallest absolute Gasteiger partial charge is 0.255 e. The lowest BCUT2D eigenvalue weighted by Crippen LogP contribution is -2.15. The van der Waals surface area contributed by atoms with Crippen molar-refractivity contribution >= 4 is 44.9 Å². The van der Waals surface area contributed by atoms with Crippen LogP contribution in [0.3, 0.4) is 0 Å². The summed E-state index contributed by atoms with van der Waals surface area (Å²) in [6, 6.07) is 8.49. The summed E-state index contributed by atoms with van der Waals surface area (Å²) in [4.78, 5) is 16.6. The van der Waals surface area contributed by atoms with E-state index in [-0.39, 0.29) is 5.91 Å². The number of rotatable bonds is 4. The van der Waals surface area contributed by atoms with Gasteiger partial charge < -0.3 is 10.7 Å². The van der Waals surface area contributed by atoms with Crippen LogP contribution in [-0.4, -0.2) is 10.9 Å². The number of aryl methyl sites for hydroxylation is 1. The molecule has 0 spiro atoms. The summed E-state index contributed by atoms with van der Waals surface area (Å²) >= 11 is 9.24. The number of nitrogens with two attached hydrogens (primary N) is 1. The van der Waals surface area contributed by atoms with Gasteiger partial charge in [0.15, 0.2) is 0 Å². The van der Waals surface area contributed by atoms with Gasteiger partial charge in [-0.05, 0) is 52.7 Å². The number of carbonyl (C=O) groups excluding carboxylic acids is 1. The van der Waals surface area contributed by atoms with Gasteiger partial charge in [0.05, 0.1) is 5.69 Å². The van der Waals surface area contributed by atoms with Crippen molar-refractivity contribution in [2.24, 2.45) is 5.84 Å². The third kappa shape index (κ3) is 3.93. The normalized spacial score (nSPS) is 10.3. The average molecular weight is 370 g/mol. The second-order valence-corrected chi connectivity index (χ2v) is 5.60. The Labute approximate surface area is 136 Å². The first-order valence-electron chi connectivity index (χ1n) is 6.27. The third-order valence-electron chi connectivity index (χ3n) is 2.83. The maximum Gasteiger partial charge on any atom is 0.255 e. The highest BCUT2D eigenvalue weighted by atomic mass is 79.9. The summed E-state index contributed by atoms with van der Waals surface area (Å²) in [5.41, 5.74) is 4.37. The largest absolute Gasteiger partial charge is 0.321 e. The lowest BCUT2D eigenvalue weighted by atomic mass is 10.1. The summed E-state index contributed by atoms with van der Waals surface area (Å²) in [5, 5.41) is 3.41. The minimum Gasteiger partial charge on any atom is -0.321 e. The number of hydrogen-bond acceptors (Lipinski definition) is 4. The Morgan fingerprint density at radius 3 is 2.76 bits per heavy atom. The predicted molar refractivity (Wildman–Crippen MR) is 88.5 cm³/mol. The minimum absolute atomic E-state index is 0.244. The summed E-state index contributed by atoms with van der Waals surface area (Å²) in [6.07, 6.45) is 0.709. The standard InChI is InChI=1S/C14H14BrClN4O/c1-2-10-5-8(6-13(18-10)20-17)14(21)19-12-4-3-9(16)7-11(12)15/h3-7H,2,17H2,1H3,(H,18,20)(H,19,21). The Kier molecular flexibility index (Phi) is 5.17. The Hall–Kier alpha value is -1.63. The number of hydrogen-bond donors (Lipinski definition) is 3. The molecule has 7 heteroatoms. The van der Waals surface area contributed by atoms with Crippen LogP contribution in [0, 0.1) is 0 Å². The number of anilines is 2. The molecule has 2 rings (SSSR count). The lowest BCUT2D eigenvalue weighted by Gasteiger charge is -2.10. The number of nitrogens with zero attached hydrogens (tertiary/aromatic N) is 1. The summed E-state index contributed by atoms with van der Waals surface area (Å²) in [7, 11) is 0. The van der Waals surface area contributed by atoms with Crippen molar-refractivity contribution < 1.29 is 4.79 Å². The van der Waals surface area contributed by atoms with Crippen LogP contribution in [0.5, 0.6) is 0 Å². The molecule has 0 unspecified atom stereocenters. The number of amides is 1. The molecule has 2 aromatic rings. The molecule has 0 fully saturated rings. The zero-order valence-electron chi connectivity index (χ0n) is 11.3. The van der Waals surface area contributed by atoms with Gasteiger partial charge in [-0.25, -0.2) is 10.8 Å². The van der Waals surface area contributed by atoms with Crippen molar-refractivity contribution in [3.63, 3.8) is 0 Å². The molecule has 0 bridgehead atoms. The number of aromatic nitrogens is 1. The van der Waals surface area contributed by atoms with Crippen LogP contribution in [-0.2, 0) is 6.42 Å². The SMILES string of the molecule is CCc1cc(C(=O)Nc2ccc(Cl)cc2Br)cc(NN)n1. The number of carbonyl (C=O) groups is 1.